The number of rotatable bonds is 4. The van der Waals surface area contributed by atoms with E-state index in [2.05, 4.69) is 5.32 Å². The quantitative estimate of drug-likeness (QED) is 0.908. The van der Waals surface area contributed by atoms with Crippen molar-refractivity contribution in [3.05, 3.63) is 35.6 Å². The van der Waals surface area contributed by atoms with Gasteiger partial charge in [-0.15, -0.1) is 0 Å². The number of hydrogen-bond acceptors (Lipinski definition) is 3. The molecule has 0 saturated carbocycles. The van der Waals surface area contributed by atoms with Gasteiger partial charge in [0.05, 0.1) is 6.26 Å². The highest BCUT2D eigenvalue weighted by Crippen LogP contribution is 2.14. The van der Waals surface area contributed by atoms with E-state index < -0.39 is 10.0 Å². The van der Waals surface area contributed by atoms with Gasteiger partial charge >= 0.3 is 0 Å². The molecule has 106 valence electrons. The minimum absolute atomic E-state index is 0.231. The van der Waals surface area contributed by atoms with E-state index in [0.29, 0.717) is 25.7 Å². The van der Waals surface area contributed by atoms with E-state index in [1.54, 1.807) is 12.1 Å². The van der Waals surface area contributed by atoms with Crippen molar-refractivity contribution in [2.75, 3.05) is 19.3 Å². The molecule has 0 bridgehead atoms. The minimum Gasteiger partial charge on any atom is -0.310 e. The normalized spacial score (nSPS) is 18.6. The lowest BCUT2D eigenvalue weighted by atomic mass is 10.1. The van der Waals surface area contributed by atoms with Gasteiger partial charge in [-0.3, -0.25) is 0 Å². The van der Waals surface area contributed by atoms with E-state index in [9.17, 15) is 12.8 Å². The van der Waals surface area contributed by atoms with E-state index in [0.717, 1.165) is 18.4 Å². The molecule has 1 fully saturated rings. The Morgan fingerprint density at radius 3 is 2.37 bits per heavy atom. The average molecular weight is 286 g/mol. The zero-order chi connectivity index (χ0) is 13.9. The molecule has 0 unspecified atom stereocenters. The van der Waals surface area contributed by atoms with Gasteiger partial charge in [0.15, 0.2) is 0 Å². The molecule has 0 radical (unpaired) electrons. The number of sulfonamides is 1. The second-order valence-electron chi connectivity index (χ2n) is 4.94. The molecular formula is C13H19FN2O2S. The van der Waals surface area contributed by atoms with Crippen LogP contribution in [0.4, 0.5) is 4.39 Å². The van der Waals surface area contributed by atoms with Gasteiger partial charge in [0.25, 0.3) is 0 Å². The zero-order valence-corrected chi connectivity index (χ0v) is 11.8. The van der Waals surface area contributed by atoms with Crippen molar-refractivity contribution < 1.29 is 12.8 Å². The summed E-state index contributed by atoms with van der Waals surface area (Å²) < 4.78 is 37.0. The predicted octanol–water partition coefficient (Wildman–Crippen LogP) is 1.34. The Bertz CT molecular complexity index is 508. The van der Waals surface area contributed by atoms with Crippen LogP contribution < -0.4 is 5.32 Å². The summed E-state index contributed by atoms with van der Waals surface area (Å²) in [5.74, 6) is -0.231. The van der Waals surface area contributed by atoms with Crippen LogP contribution in [0.1, 0.15) is 18.4 Å². The summed E-state index contributed by atoms with van der Waals surface area (Å²) in [6, 6.07) is 6.73. The second kappa shape index (κ2) is 5.98. The first-order valence-corrected chi connectivity index (χ1v) is 8.23. The molecule has 0 spiro atoms. The Morgan fingerprint density at radius 2 is 1.84 bits per heavy atom. The third-order valence-electron chi connectivity index (χ3n) is 3.43. The van der Waals surface area contributed by atoms with Crippen molar-refractivity contribution in [1.29, 1.82) is 0 Å². The number of nitrogens with zero attached hydrogens (tertiary/aromatic N) is 1. The Morgan fingerprint density at radius 1 is 1.26 bits per heavy atom. The monoisotopic (exact) mass is 286 g/mol. The number of piperidine rings is 1. The van der Waals surface area contributed by atoms with Gasteiger partial charge in [0, 0.05) is 25.7 Å². The molecule has 1 aromatic rings. The van der Waals surface area contributed by atoms with Crippen LogP contribution in [0.25, 0.3) is 0 Å². The fraction of sp³-hybridized carbons (Fsp3) is 0.538. The molecule has 0 atom stereocenters. The molecule has 0 amide bonds. The average Bonchev–Trinajstić information content (AvgIpc) is 2.37. The van der Waals surface area contributed by atoms with E-state index >= 15 is 0 Å². The van der Waals surface area contributed by atoms with Crippen molar-refractivity contribution in [3.63, 3.8) is 0 Å². The molecular weight excluding hydrogens is 267 g/mol. The maximum atomic E-state index is 12.8. The number of hydrogen-bond donors (Lipinski definition) is 1. The standard InChI is InChI=1S/C13H19FN2O2S/c1-19(17,18)16-8-6-13(7-9-16)15-10-11-2-4-12(14)5-3-11/h2-5,13,15H,6-10H2,1H3. The molecule has 1 N–H and O–H groups in total. The maximum absolute atomic E-state index is 12.8. The maximum Gasteiger partial charge on any atom is 0.211 e. The van der Waals surface area contributed by atoms with Crippen LogP contribution in [0, 0.1) is 5.82 Å². The Hall–Kier alpha value is -0.980. The van der Waals surface area contributed by atoms with Gasteiger partial charge < -0.3 is 5.32 Å². The summed E-state index contributed by atoms with van der Waals surface area (Å²) in [7, 11) is -3.06. The van der Waals surface area contributed by atoms with Crippen LogP contribution >= 0.6 is 0 Å². The second-order valence-corrected chi connectivity index (χ2v) is 6.93. The molecule has 1 aliphatic rings. The molecule has 1 saturated heterocycles. The van der Waals surface area contributed by atoms with Gasteiger partial charge in [0.2, 0.25) is 10.0 Å². The minimum atomic E-state index is -3.06. The highest BCUT2D eigenvalue weighted by atomic mass is 32.2. The lowest BCUT2D eigenvalue weighted by Crippen LogP contribution is -2.44. The SMILES string of the molecule is CS(=O)(=O)N1CCC(NCc2ccc(F)cc2)CC1. The third-order valence-corrected chi connectivity index (χ3v) is 4.73. The van der Waals surface area contributed by atoms with E-state index in [1.165, 1.54) is 22.7 Å². The van der Waals surface area contributed by atoms with Crippen molar-refractivity contribution in [1.82, 2.24) is 9.62 Å². The molecule has 1 aromatic carbocycles. The molecule has 1 aliphatic heterocycles. The summed E-state index contributed by atoms with van der Waals surface area (Å²) >= 11 is 0. The summed E-state index contributed by atoms with van der Waals surface area (Å²) in [6.45, 7) is 1.82. The summed E-state index contributed by atoms with van der Waals surface area (Å²) in [6.07, 6.45) is 2.88. The van der Waals surface area contributed by atoms with Crippen molar-refractivity contribution in [2.24, 2.45) is 0 Å². The van der Waals surface area contributed by atoms with Gasteiger partial charge in [0.1, 0.15) is 5.82 Å². The van der Waals surface area contributed by atoms with Crippen LogP contribution in [0.5, 0.6) is 0 Å². The zero-order valence-electron chi connectivity index (χ0n) is 11.0. The smallest absolute Gasteiger partial charge is 0.211 e. The molecule has 19 heavy (non-hydrogen) atoms. The summed E-state index contributed by atoms with van der Waals surface area (Å²) in [4.78, 5) is 0. The molecule has 0 aromatic heterocycles. The van der Waals surface area contributed by atoms with Crippen molar-refractivity contribution in [3.8, 4) is 0 Å². The van der Waals surface area contributed by atoms with Crippen LogP contribution in [0.2, 0.25) is 0 Å². The van der Waals surface area contributed by atoms with Gasteiger partial charge in [-0.1, -0.05) is 12.1 Å². The van der Waals surface area contributed by atoms with Crippen LogP contribution in [0.3, 0.4) is 0 Å². The van der Waals surface area contributed by atoms with Crippen LogP contribution in [-0.4, -0.2) is 38.1 Å². The molecule has 6 heteroatoms. The number of halogens is 1. The van der Waals surface area contributed by atoms with Crippen molar-refractivity contribution in [2.45, 2.75) is 25.4 Å². The van der Waals surface area contributed by atoms with Gasteiger partial charge in [-0.25, -0.2) is 17.1 Å². The van der Waals surface area contributed by atoms with E-state index in [4.69, 9.17) is 0 Å². The van der Waals surface area contributed by atoms with Crippen LogP contribution in [-0.2, 0) is 16.6 Å². The predicted molar refractivity (Wildman–Crippen MR) is 72.7 cm³/mol. The lowest BCUT2D eigenvalue weighted by molar-refractivity contribution is 0.290. The Kier molecular flexibility index (Phi) is 4.54. The van der Waals surface area contributed by atoms with E-state index in [-0.39, 0.29) is 5.82 Å². The van der Waals surface area contributed by atoms with E-state index in [1.807, 2.05) is 0 Å². The topological polar surface area (TPSA) is 49.4 Å². The summed E-state index contributed by atoms with van der Waals surface area (Å²) in [5.41, 5.74) is 1.03. The molecule has 4 nitrogen and oxygen atoms in total. The highest BCUT2D eigenvalue weighted by molar-refractivity contribution is 7.88. The molecule has 2 rings (SSSR count). The van der Waals surface area contributed by atoms with Crippen LogP contribution in [0.15, 0.2) is 24.3 Å². The summed E-state index contributed by atoms with van der Waals surface area (Å²) in [5, 5.41) is 3.39. The fourth-order valence-electron chi connectivity index (χ4n) is 2.26. The largest absolute Gasteiger partial charge is 0.310 e. The number of benzene rings is 1. The van der Waals surface area contributed by atoms with Gasteiger partial charge in [-0.05, 0) is 30.5 Å². The Labute approximate surface area is 113 Å². The molecule has 0 aliphatic carbocycles. The first-order chi connectivity index (χ1) is 8.95. The molecule has 1 heterocycles. The third kappa shape index (κ3) is 4.26. The number of nitrogens with one attached hydrogen (secondary N) is 1. The first kappa shape index (κ1) is 14.4. The highest BCUT2D eigenvalue weighted by Gasteiger charge is 2.24. The Balaban J connectivity index is 1.78. The first-order valence-electron chi connectivity index (χ1n) is 6.38. The fourth-order valence-corrected chi connectivity index (χ4v) is 3.13. The van der Waals surface area contributed by atoms with Gasteiger partial charge in [-0.2, -0.15) is 0 Å². The lowest BCUT2D eigenvalue weighted by Gasteiger charge is -2.30. The van der Waals surface area contributed by atoms with Crippen molar-refractivity contribution >= 4 is 10.0 Å².